The molecule has 0 aromatic rings. The third-order valence-electron chi connectivity index (χ3n) is 0. The largest absolute Gasteiger partial charge is 0 e. The molecule has 0 unspecified atom stereocenters. The summed E-state index contributed by atoms with van der Waals surface area (Å²) in [4.78, 5) is 0. The van der Waals surface area contributed by atoms with E-state index in [2.05, 4.69) is 0 Å². The zero-order valence-corrected chi connectivity index (χ0v) is 6.20. The minimum atomic E-state index is 0. The van der Waals surface area contributed by atoms with Gasteiger partial charge < -0.3 is 4.46 Å². The maximum atomic E-state index is 8.28. The molecule has 0 saturated heterocycles. The molecule has 0 aromatic heterocycles. The quantitative estimate of drug-likeness (QED) is 0.430. The van der Waals surface area contributed by atoms with Crippen LogP contribution in [0.2, 0.25) is 0 Å². The molecule has 0 saturated carbocycles. The average molecular weight is 229 g/mol. The third-order valence-corrected chi connectivity index (χ3v) is 0. The molecule has 1 nitrogen and oxygen atoms in total. The molecule has 0 rings (SSSR count). The Morgan fingerprint density at radius 2 is 1.25 bits per heavy atom. The van der Waals surface area contributed by atoms with E-state index in [9.17, 15) is 0 Å². The fourth-order valence-corrected chi connectivity index (χ4v) is 0. The first-order valence-electron chi connectivity index (χ1n) is 0.289. The predicted molar refractivity (Wildman–Crippen MR) is 19.2 cm³/mol. The van der Waals surface area contributed by atoms with Gasteiger partial charge in [-0.25, -0.2) is 0 Å². The van der Waals surface area contributed by atoms with E-state index in [1.807, 2.05) is 0 Å². The van der Waals surface area contributed by atoms with E-state index in [-0.39, 0.29) is 45.3 Å². The van der Waals surface area contributed by atoms with Crippen molar-refractivity contribution in [2.75, 3.05) is 0 Å². The van der Waals surface area contributed by atoms with Crippen molar-refractivity contribution in [2.24, 2.45) is 0 Å². The van der Waals surface area contributed by atoms with Crippen molar-refractivity contribution in [1.82, 2.24) is 0 Å². The van der Waals surface area contributed by atoms with Crippen LogP contribution < -0.4 is 0 Å². The molecule has 0 bridgehead atoms. The Balaban J connectivity index is -0.00000000500. The van der Waals surface area contributed by atoms with Gasteiger partial charge in [0.25, 0.3) is 0 Å². The van der Waals surface area contributed by atoms with Crippen LogP contribution in [0, 0.1) is 0 Å². The Kier molecular flexibility index (Phi) is 108. The van der Waals surface area contributed by atoms with E-state index in [0.29, 0.717) is 10.1 Å². The molecular weight excluding hydrogens is 224 g/mol. The second-order valence-corrected chi connectivity index (χ2v) is 0. The second-order valence-electron chi connectivity index (χ2n) is 0. The van der Waals surface area contributed by atoms with Crippen molar-refractivity contribution < 1.29 is 23.9 Å². The van der Waals surface area contributed by atoms with Gasteiger partial charge in [0.2, 0.25) is 10.1 Å². The normalized spacial score (nSPS) is 1.00. The Morgan fingerprint density at radius 3 is 1.25 bits per heavy atom. The van der Waals surface area contributed by atoms with Crippen LogP contribution in [0.3, 0.4) is 0 Å². The van der Waals surface area contributed by atoms with E-state index in [4.69, 9.17) is 4.46 Å². The average Bonchev–Trinajstić information content (AvgIpc) is 1.00. The van der Waals surface area contributed by atoms with Crippen LogP contribution in [0.4, 0.5) is 0 Å². The fourth-order valence-electron chi connectivity index (χ4n) is 0. The van der Waals surface area contributed by atoms with Gasteiger partial charge in [-0.05, 0) is 0 Å². The van der Waals surface area contributed by atoms with Crippen LogP contribution in [0.25, 0.3) is 0 Å². The van der Waals surface area contributed by atoms with Crippen LogP contribution in [0.5, 0.6) is 0 Å². The van der Waals surface area contributed by atoms with Gasteiger partial charge >= 0.3 is 25.8 Å². The van der Waals surface area contributed by atoms with Crippen molar-refractivity contribution in [1.29, 1.82) is 0 Å². The maximum absolute atomic E-state index is 8.28. The van der Waals surface area contributed by atoms with Crippen molar-refractivity contribution in [3.8, 4) is 0 Å². The number of hydrogen-bond donors (Lipinski definition) is 0. The maximum Gasteiger partial charge on any atom is 0 e. The van der Waals surface area contributed by atoms with E-state index in [0.717, 1.165) is 0 Å². The van der Waals surface area contributed by atoms with E-state index < -0.39 is 0 Å². The van der Waals surface area contributed by atoms with Gasteiger partial charge in [-0.15, -0.1) is 0 Å². The van der Waals surface area contributed by atoms with Crippen molar-refractivity contribution in [3.63, 3.8) is 0 Å². The summed E-state index contributed by atoms with van der Waals surface area (Å²) in [5.41, 5.74) is 0. The third kappa shape index (κ3) is 9.70. The predicted octanol–water partition coefficient (Wildman–Crippen LogP) is -2.22. The minimum Gasteiger partial charge on any atom is 0 e. The smallest absolute Gasteiger partial charge is 0 e. The number of hydrogen-bond acceptors (Lipinski definition) is 1. The molecule has 4 heteroatoms. The van der Waals surface area contributed by atoms with Gasteiger partial charge in [-0.1, -0.05) is 0 Å². The first-order chi connectivity index (χ1) is 1.00. The fraction of sp³-hybridized carbons (Fsp3) is 0. The van der Waals surface area contributed by atoms with Gasteiger partial charge in [0, 0.05) is 19.5 Å². The van der Waals surface area contributed by atoms with Crippen molar-refractivity contribution in [3.05, 3.63) is 0 Å². The molecule has 0 spiro atoms. The number of rotatable bonds is 0. The molecule has 20 valence electrons. The van der Waals surface area contributed by atoms with E-state index >= 15 is 0 Å². The monoisotopic (exact) mass is 228 g/mol. The van der Waals surface area contributed by atoms with Crippen molar-refractivity contribution >= 4 is 36.0 Å². The summed E-state index contributed by atoms with van der Waals surface area (Å²) in [6.45, 7) is 0. The molecular formula is H5InOSiZn. The zero-order chi connectivity index (χ0) is 2.00. The molecule has 0 atom stereocenters. The summed E-state index contributed by atoms with van der Waals surface area (Å²) in [6, 6.07) is 0. The van der Waals surface area contributed by atoms with Gasteiger partial charge in [-0.3, -0.25) is 0 Å². The summed E-state index contributed by atoms with van der Waals surface area (Å²) in [6.07, 6.45) is 0. The second kappa shape index (κ2) is 24.4. The Hall–Kier alpha value is 1.51. The zero-order valence-electron chi connectivity index (χ0n) is 1.82. The standard InChI is InChI=1S/In.H2OSi.Zn.3H/c;1-2;;;;/h;2H2;;;;. The van der Waals surface area contributed by atoms with Crippen LogP contribution in [0.15, 0.2) is 0 Å². The molecule has 0 fully saturated rings. The molecule has 0 aromatic carbocycles. The summed E-state index contributed by atoms with van der Waals surface area (Å²) in [7, 11) is 0.611. The Bertz CT molecular complexity index is 8.00. The molecule has 0 N–H and O–H groups in total. The SMILES string of the molecule is O=[SiH2].[InH3].[Zn]. The van der Waals surface area contributed by atoms with E-state index in [1.54, 1.807) is 0 Å². The molecule has 0 heterocycles. The van der Waals surface area contributed by atoms with Crippen LogP contribution >= 0.6 is 0 Å². The van der Waals surface area contributed by atoms with Gasteiger partial charge in [0.1, 0.15) is 0 Å². The molecule has 0 radical (unpaired) electrons. The summed E-state index contributed by atoms with van der Waals surface area (Å²) >= 11 is 0. The molecule has 0 aliphatic heterocycles. The van der Waals surface area contributed by atoms with Crippen LogP contribution in [-0.4, -0.2) is 36.0 Å². The molecule has 0 aliphatic carbocycles. The first-order valence-corrected chi connectivity index (χ1v) is 0.866. The first kappa shape index (κ1) is 17.8. The summed E-state index contributed by atoms with van der Waals surface area (Å²) < 4.78 is 8.28. The summed E-state index contributed by atoms with van der Waals surface area (Å²) in [5, 5.41) is 0. The topological polar surface area (TPSA) is 17.1 Å². The van der Waals surface area contributed by atoms with Crippen LogP contribution in [-0.2, 0) is 23.9 Å². The minimum absolute atomic E-state index is 0. The van der Waals surface area contributed by atoms with Crippen molar-refractivity contribution in [2.45, 2.75) is 0 Å². The van der Waals surface area contributed by atoms with Gasteiger partial charge in [0.15, 0.2) is 0 Å². The molecule has 0 amide bonds. The summed E-state index contributed by atoms with van der Waals surface area (Å²) in [5.74, 6) is 0. The molecule has 4 heavy (non-hydrogen) atoms. The Morgan fingerprint density at radius 1 is 1.25 bits per heavy atom. The van der Waals surface area contributed by atoms with E-state index in [1.165, 1.54) is 0 Å². The van der Waals surface area contributed by atoms with Crippen LogP contribution in [0.1, 0.15) is 0 Å². The van der Waals surface area contributed by atoms with Gasteiger partial charge in [-0.2, -0.15) is 0 Å². The molecule has 0 aliphatic rings. The van der Waals surface area contributed by atoms with Gasteiger partial charge in [0.05, 0.1) is 0 Å². The Labute approximate surface area is 59.6 Å².